The van der Waals surface area contributed by atoms with Crippen LogP contribution in [0.1, 0.15) is 77.0 Å². The van der Waals surface area contributed by atoms with Gasteiger partial charge in [-0.25, -0.2) is 4.79 Å². The Hall–Kier alpha value is -1.14. The zero-order valence-electron chi connectivity index (χ0n) is 14.3. The average molecular weight is 330 g/mol. The Morgan fingerprint density at radius 1 is 0.783 bits per heavy atom. The molecule has 0 amide bonds. The molecule has 0 aromatic heterocycles. The molecule has 0 saturated carbocycles. The topological polar surface area (TPSA) is 116 Å². The minimum absolute atomic E-state index is 0.299. The maximum atomic E-state index is 11.7. The summed E-state index contributed by atoms with van der Waals surface area (Å²) in [5.74, 6) is -1.49. The van der Waals surface area contributed by atoms with Gasteiger partial charge in [0.25, 0.3) is 0 Å². The number of hydrogen-bond acceptors (Lipinski definition) is 5. The molecule has 1 unspecified atom stereocenters. The van der Waals surface area contributed by atoms with Gasteiger partial charge < -0.3 is 21.3 Å². The lowest BCUT2D eigenvalue weighted by molar-refractivity contribution is -0.164. The molecule has 136 valence electrons. The van der Waals surface area contributed by atoms with Crippen LogP contribution < -0.4 is 11.5 Å². The molecule has 0 spiro atoms. The normalized spacial score (nSPS) is 12.1. The lowest BCUT2D eigenvalue weighted by Crippen LogP contribution is -2.27. The standard InChI is InChI=1S/C17H34N2O4/c18-13-9-6-4-2-1-3-5-7-12-16(20)23-15(17(21)22)11-8-10-14-19/h15H,1-14,18-19H2,(H,21,22). The molecular weight excluding hydrogens is 296 g/mol. The van der Waals surface area contributed by atoms with E-state index in [1.807, 2.05) is 0 Å². The van der Waals surface area contributed by atoms with Crippen molar-refractivity contribution in [2.45, 2.75) is 83.2 Å². The zero-order chi connectivity index (χ0) is 17.3. The predicted octanol–water partition coefficient (Wildman–Crippen LogP) is 2.58. The third-order valence-corrected chi connectivity index (χ3v) is 3.80. The number of carboxylic acid groups (broad SMARTS) is 1. The lowest BCUT2D eigenvalue weighted by atomic mass is 10.1. The van der Waals surface area contributed by atoms with Gasteiger partial charge in [-0.2, -0.15) is 0 Å². The number of carbonyl (C=O) groups is 2. The van der Waals surface area contributed by atoms with Crippen LogP contribution in [-0.2, 0) is 14.3 Å². The predicted molar refractivity (Wildman–Crippen MR) is 91.0 cm³/mol. The molecule has 0 rings (SSSR count). The van der Waals surface area contributed by atoms with Crippen LogP contribution in [0.25, 0.3) is 0 Å². The second-order valence-electron chi connectivity index (χ2n) is 5.97. The second kappa shape index (κ2) is 15.7. The molecule has 0 aliphatic carbocycles. The first-order chi connectivity index (χ1) is 11.1. The maximum Gasteiger partial charge on any atom is 0.345 e. The third kappa shape index (κ3) is 14.2. The number of carboxylic acids is 1. The number of carbonyl (C=O) groups excluding carboxylic acids is 1. The summed E-state index contributed by atoms with van der Waals surface area (Å²) in [6, 6.07) is 0. The first-order valence-electron chi connectivity index (χ1n) is 8.94. The average Bonchev–Trinajstić information content (AvgIpc) is 2.52. The summed E-state index contributed by atoms with van der Waals surface area (Å²) in [6.07, 6.45) is 9.77. The summed E-state index contributed by atoms with van der Waals surface area (Å²) in [6.45, 7) is 1.29. The fourth-order valence-electron chi connectivity index (χ4n) is 2.40. The summed E-state index contributed by atoms with van der Waals surface area (Å²) in [4.78, 5) is 22.7. The van der Waals surface area contributed by atoms with E-state index in [4.69, 9.17) is 21.3 Å². The molecular formula is C17H34N2O4. The van der Waals surface area contributed by atoms with Gasteiger partial charge in [-0.3, -0.25) is 4.79 Å². The van der Waals surface area contributed by atoms with E-state index in [0.717, 1.165) is 38.6 Å². The van der Waals surface area contributed by atoms with Crippen molar-refractivity contribution in [1.29, 1.82) is 0 Å². The highest BCUT2D eigenvalue weighted by Crippen LogP contribution is 2.11. The van der Waals surface area contributed by atoms with Crippen LogP contribution in [0.4, 0.5) is 0 Å². The van der Waals surface area contributed by atoms with Gasteiger partial charge in [0.05, 0.1) is 0 Å². The summed E-state index contributed by atoms with van der Waals surface area (Å²) >= 11 is 0. The number of nitrogens with two attached hydrogens (primary N) is 2. The molecule has 0 aliphatic rings. The van der Waals surface area contributed by atoms with Gasteiger partial charge in [-0.1, -0.05) is 38.5 Å². The Morgan fingerprint density at radius 2 is 1.26 bits per heavy atom. The van der Waals surface area contributed by atoms with Crippen LogP contribution in [-0.4, -0.2) is 36.2 Å². The smallest absolute Gasteiger partial charge is 0.345 e. The van der Waals surface area contributed by atoms with E-state index in [9.17, 15) is 9.59 Å². The van der Waals surface area contributed by atoms with Crippen LogP contribution in [0, 0.1) is 0 Å². The highest BCUT2D eigenvalue weighted by atomic mass is 16.6. The Labute approximate surface area is 139 Å². The molecule has 0 aromatic rings. The van der Waals surface area contributed by atoms with Crippen molar-refractivity contribution in [2.24, 2.45) is 11.5 Å². The minimum Gasteiger partial charge on any atom is -0.479 e. The number of esters is 1. The largest absolute Gasteiger partial charge is 0.479 e. The Bertz CT molecular complexity index is 311. The maximum absolute atomic E-state index is 11.7. The zero-order valence-corrected chi connectivity index (χ0v) is 14.3. The molecule has 6 heteroatoms. The first kappa shape index (κ1) is 21.9. The van der Waals surface area contributed by atoms with E-state index in [0.29, 0.717) is 25.8 Å². The van der Waals surface area contributed by atoms with Crippen LogP contribution >= 0.6 is 0 Å². The third-order valence-electron chi connectivity index (χ3n) is 3.80. The molecule has 1 atom stereocenters. The van der Waals surface area contributed by atoms with Crippen molar-refractivity contribution < 1.29 is 19.4 Å². The SMILES string of the molecule is NCCCCCCCCCCC(=O)OC(CCCCN)C(=O)O. The molecule has 0 bridgehead atoms. The molecule has 0 aromatic carbocycles. The van der Waals surface area contributed by atoms with Gasteiger partial charge in [0.1, 0.15) is 0 Å². The fraction of sp³-hybridized carbons (Fsp3) is 0.882. The molecule has 0 fully saturated rings. The van der Waals surface area contributed by atoms with Gasteiger partial charge in [0.15, 0.2) is 6.10 Å². The molecule has 0 heterocycles. The summed E-state index contributed by atoms with van der Waals surface area (Å²) in [5.41, 5.74) is 10.8. The molecule has 0 aliphatic heterocycles. The Kier molecular flexibility index (Phi) is 15.0. The highest BCUT2D eigenvalue weighted by Gasteiger charge is 2.21. The van der Waals surface area contributed by atoms with E-state index in [1.165, 1.54) is 25.7 Å². The molecule has 0 saturated heterocycles. The van der Waals surface area contributed by atoms with Crippen LogP contribution in [0.5, 0.6) is 0 Å². The second-order valence-corrected chi connectivity index (χ2v) is 5.97. The Balaban J connectivity index is 3.61. The van der Waals surface area contributed by atoms with Crippen molar-refractivity contribution >= 4 is 11.9 Å². The van der Waals surface area contributed by atoms with E-state index in [2.05, 4.69) is 0 Å². The van der Waals surface area contributed by atoms with E-state index in [-0.39, 0.29) is 0 Å². The molecule has 0 radical (unpaired) electrons. The van der Waals surface area contributed by atoms with Gasteiger partial charge >= 0.3 is 11.9 Å². The quantitative estimate of drug-likeness (QED) is 0.296. The lowest BCUT2D eigenvalue weighted by Gasteiger charge is -2.13. The minimum atomic E-state index is -1.08. The number of rotatable bonds is 16. The van der Waals surface area contributed by atoms with Crippen LogP contribution in [0.2, 0.25) is 0 Å². The van der Waals surface area contributed by atoms with Crippen molar-refractivity contribution in [3.05, 3.63) is 0 Å². The molecule has 23 heavy (non-hydrogen) atoms. The number of ether oxygens (including phenoxy) is 1. The van der Waals surface area contributed by atoms with Gasteiger partial charge in [-0.15, -0.1) is 0 Å². The summed E-state index contributed by atoms with van der Waals surface area (Å²) in [5, 5.41) is 9.04. The van der Waals surface area contributed by atoms with Crippen LogP contribution in [0.15, 0.2) is 0 Å². The number of aliphatic carboxylic acids is 1. The summed E-state index contributed by atoms with van der Waals surface area (Å²) in [7, 11) is 0. The number of hydrogen-bond donors (Lipinski definition) is 3. The van der Waals surface area contributed by atoms with E-state index >= 15 is 0 Å². The van der Waals surface area contributed by atoms with Crippen molar-refractivity contribution in [2.75, 3.05) is 13.1 Å². The molecule has 5 N–H and O–H groups in total. The monoisotopic (exact) mass is 330 g/mol. The van der Waals surface area contributed by atoms with Crippen molar-refractivity contribution in [3.8, 4) is 0 Å². The van der Waals surface area contributed by atoms with Crippen LogP contribution in [0.3, 0.4) is 0 Å². The van der Waals surface area contributed by atoms with Crippen molar-refractivity contribution in [3.63, 3.8) is 0 Å². The fourth-order valence-corrected chi connectivity index (χ4v) is 2.40. The summed E-state index contributed by atoms with van der Waals surface area (Å²) < 4.78 is 5.04. The molecule has 6 nitrogen and oxygen atoms in total. The van der Waals surface area contributed by atoms with E-state index < -0.39 is 18.0 Å². The highest BCUT2D eigenvalue weighted by molar-refractivity contribution is 5.77. The Morgan fingerprint density at radius 3 is 1.78 bits per heavy atom. The van der Waals surface area contributed by atoms with Gasteiger partial charge in [-0.05, 0) is 45.2 Å². The van der Waals surface area contributed by atoms with Crippen molar-refractivity contribution in [1.82, 2.24) is 0 Å². The van der Waals surface area contributed by atoms with Gasteiger partial charge in [0.2, 0.25) is 0 Å². The first-order valence-corrected chi connectivity index (χ1v) is 8.94. The van der Waals surface area contributed by atoms with Gasteiger partial charge in [0, 0.05) is 6.42 Å². The number of unbranched alkanes of at least 4 members (excludes halogenated alkanes) is 8. The van der Waals surface area contributed by atoms with E-state index in [1.54, 1.807) is 0 Å².